The zero-order chi connectivity index (χ0) is 5.28. The fourth-order valence-corrected chi connectivity index (χ4v) is 0.518. The van der Waals surface area contributed by atoms with Gasteiger partial charge < -0.3 is 4.57 Å². The molecule has 0 aliphatic heterocycles. The molecule has 2 nitrogen and oxygen atoms in total. The van der Waals surface area contributed by atoms with Gasteiger partial charge in [0.15, 0.2) is 5.15 Å². The fraction of sp³-hybridized carbons (Fsp3) is 0.250. The molecule has 37 valence electrons. The van der Waals surface area contributed by atoms with E-state index >= 15 is 0 Å². The lowest BCUT2D eigenvalue weighted by molar-refractivity contribution is 0.906. The minimum Gasteiger partial charge on any atom is -0.331 e. The lowest BCUT2D eigenvalue weighted by Gasteiger charge is -1.75. The third-order valence-corrected chi connectivity index (χ3v) is 0.795. The molecule has 0 bridgehead atoms. The van der Waals surface area contributed by atoms with Crippen molar-refractivity contribution in [2.24, 2.45) is 7.05 Å². The zero-order valence-corrected chi connectivity index (χ0v) is 4.61. The van der Waals surface area contributed by atoms with Gasteiger partial charge in [-0.3, -0.25) is 0 Å². The Morgan fingerprint density at radius 2 is 2.71 bits per heavy atom. The van der Waals surface area contributed by atoms with Crippen molar-refractivity contribution in [2.75, 3.05) is 0 Å². The quantitative estimate of drug-likeness (QED) is 0.491. The van der Waals surface area contributed by atoms with E-state index < -0.39 is 0 Å². The van der Waals surface area contributed by atoms with E-state index in [4.69, 9.17) is 11.6 Å². The van der Waals surface area contributed by atoms with E-state index in [1.807, 2.05) is 7.05 Å². The van der Waals surface area contributed by atoms with Gasteiger partial charge in [0.05, 0.1) is 6.33 Å². The number of halogens is 1. The van der Waals surface area contributed by atoms with Gasteiger partial charge >= 0.3 is 0 Å². The van der Waals surface area contributed by atoms with Gasteiger partial charge in [0, 0.05) is 7.05 Å². The van der Waals surface area contributed by atoms with Crippen LogP contribution in [0, 0.1) is 6.20 Å². The highest BCUT2D eigenvalue weighted by atomic mass is 35.5. The Hall–Kier alpha value is -0.500. The highest BCUT2D eigenvalue weighted by molar-refractivity contribution is 6.29. The molecule has 0 aliphatic rings. The summed E-state index contributed by atoms with van der Waals surface area (Å²) in [6.45, 7) is 0. The van der Waals surface area contributed by atoms with Crippen LogP contribution in [0.2, 0.25) is 5.15 Å². The van der Waals surface area contributed by atoms with Crippen LogP contribution in [0.3, 0.4) is 0 Å². The highest BCUT2D eigenvalue weighted by Crippen LogP contribution is 1.98. The Morgan fingerprint density at radius 3 is 2.86 bits per heavy atom. The number of aryl methyl sites for hydroxylation is 1. The summed E-state index contributed by atoms with van der Waals surface area (Å²) in [4.78, 5) is 3.69. The molecule has 3 heteroatoms. The molecule has 0 aliphatic carbocycles. The van der Waals surface area contributed by atoms with Gasteiger partial charge in [-0.05, 0) is 0 Å². The predicted molar refractivity (Wildman–Crippen MR) is 27.1 cm³/mol. The molecule has 0 aromatic carbocycles. The normalized spacial score (nSPS) is 9.43. The minimum atomic E-state index is 0.419. The monoisotopic (exact) mass is 115 g/mol. The SMILES string of the molecule is Cn1[c]c(Cl)nc1. The molecule has 0 fully saturated rings. The molecule has 0 spiro atoms. The van der Waals surface area contributed by atoms with E-state index in [9.17, 15) is 0 Å². The van der Waals surface area contributed by atoms with Crippen molar-refractivity contribution < 1.29 is 0 Å². The molecular formula is C4H4ClN2. The van der Waals surface area contributed by atoms with Crippen molar-refractivity contribution in [1.29, 1.82) is 0 Å². The van der Waals surface area contributed by atoms with Crippen molar-refractivity contribution in [3.63, 3.8) is 0 Å². The standard InChI is InChI=1S/C4H4ClN2/c1-7-2-4(5)6-3-7/h3H,1H3. The smallest absolute Gasteiger partial charge is 0.156 e. The van der Waals surface area contributed by atoms with Crippen molar-refractivity contribution in [3.05, 3.63) is 17.7 Å². The molecule has 0 amide bonds. The highest BCUT2D eigenvalue weighted by Gasteiger charge is 1.86. The summed E-state index contributed by atoms with van der Waals surface area (Å²) in [6.07, 6.45) is 4.31. The maximum atomic E-state index is 5.37. The first-order valence-electron chi connectivity index (χ1n) is 1.85. The Morgan fingerprint density at radius 1 is 2.00 bits per heavy atom. The molecule has 0 unspecified atom stereocenters. The van der Waals surface area contributed by atoms with Crippen molar-refractivity contribution in [2.45, 2.75) is 0 Å². The van der Waals surface area contributed by atoms with Crippen LogP contribution >= 0.6 is 11.6 Å². The summed E-state index contributed by atoms with van der Waals surface area (Å²) in [5, 5.41) is 0.419. The second-order valence-electron chi connectivity index (χ2n) is 1.26. The van der Waals surface area contributed by atoms with E-state index in [0.29, 0.717) is 5.15 Å². The Kier molecular flexibility index (Phi) is 1.02. The van der Waals surface area contributed by atoms with E-state index in [2.05, 4.69) is 11.2 Å². The third kappa shape index (κ3) is 0.933. The molecule has 0 atom stereocenters. The molecular weight excluding hydrogens is 112 g/mol. The fourth-order valence-electron chi connectivity index (χ4n) is 0.341. The summed E-state index contributed by atoms with van der Waals surface area (Å²) in [5.74, 6) is 0. The van der Waals surface area contributed by atoms with Crippen LogP contribution in [0.4, 0.5) is 0 Å². The van der Waals surface area contributed by atoms with Crippen LogP contribution in [-0.4, -0.2) is 9.55 Å². The van der Waals surface area contributed by atoms with Crippen LogP contribution in [0.15, 0.2) is 6.33 Å². The van der Waals surface area contributed by atoms with E-state index in [-0.39, 0.29) is 0 Å². The molecule has 1 heterocycles. The van der Waals surface area contributed by atoms with Crippen LogP contribution in [-0.2, 0) is 7.05 Å². The van der Waals surface area contributed by atoms with Crippen molar-refractivity contribution in [3.8, 4) is 0 Å². The molecule has 1 rings (SSSR count). The van der Waals surface area contributed by atoms with Gasteiger partial charge in [0.1, 0.15) is 6.20 Å². The first-order chi connectivity index (χ1) is 3.29. The Labute approximate surface area is 46.7 Å². The van der Waals surface area contributed by atoms with Gasteiger partial charge in [-0.25, -0.2) is 4.98 Å². The molecule has 0 N–H and O–H groups in total. The maximum Gasteiger partial charge on any atom is 0.156 e. The Bertz CT molecular complexity index is 142. The first kappa shape index (κ1) is 4.65. The summed E-state index contributed by atoms with van der Waals surface area (Å²) in [7, 11) is 1.82. The predicted octanol–water partition coefficient (Wildman–Crippen LogP) is 0.874. The molecule has 1 aromatic heterocycles. The van der Waals surface area contributed by atoms with Crippen molar-refractivity contribution >= 4 is 11.6 Å². The number of rotatable bonds is 0. The zero-order valence-electron chi connectivity index (χ0n) is 3.85. The Balaban J connectivity index is 3.04. The van der Waals surface area contributed by atoms with Crippen molar-refractivity contribution in [1.82, 2.24) is 9.55 Å². The second kappa shape index (κ2) is 1.54. The molecule has 7 heavy (non-hydrogen) atoms. The lowest BCUT2D eigenvalue weighted by Crippen LogP contribution is -1.77. The summed E-state index contributed by atoms with van der Waals surface area (Å²) in [5.41, 5.74) is 0. The molecule has 0 saturated heterocycles. The largest absolute Gasteiger partial charge is 0.331 e. The van der Waals surface area contributed by atoms with E-state index in [1.165, 1.54) is 0 Å². The summed E-state index contributed by atoms with van der Waals surface area (Å²) in [6, 6.07) is 0. The lowest BCUT2D eigenvalue weighted by atomic mass is 10.9. The van der Waals surface area contributed by atoms with Crippen LogP contribution in [0.1, 0.15) is 0 Å². The molecule has 1 radical (unpaired) electrons. The van der Waals surface area contributed by atoms with Crippen LogP contribution in [0.25, 0.3) is 0 Å². The van der Waals surface area contributed by atoms with Gasteiger partial charge in [0.25, 0.3) is 0 Å². The number of aromatic nitrogens is 2. The number of hydrogen-bond acceptors (Lipinski definition) is 1. The van der Waals surface area contributed by atoms with E-state index in [1.54, 1.807) is 10.9 Å². The summed E-state index contributed by atoms with van der Waals surface area (Å²) < 4.78 is 1.67. The maximum absolute atomic E-state index is 5.37. The van der Waals surface area contributed by atoms with Crippen LogP contribution < -0.4 is 0 Å². The minimum absolute atomic E-state index is 0.419. The number of hydrogen-bond donors (Lipinski definition) is 0. The average Bonchev–Trinajstić information content (AvgIpc) is 1.87. The average molecular weight is 116 g/mol. The first-order valence-corrected chi connectivity index (χ1v) is 2.23. The molecule has 1 aromatic rings. The van der Waals surface area contributed by atoms with E-state index in [0.717, 1.165) is 0 Å². The summed E-state index contributed by atoms with van der Waals surface area (Å²) >= 11 is 5.37. The number of nitrogens with zero attached hydrogens (tertiary/aromatic N) is 2. The third-order valence-electron chi connectivity index (χ3n) is 0.613. The van der Waals surface area contributed by atoms with Gasteiger partial charge in [-0.15, -0.1) is 0 Å². The molecule has 0 saturated carbocycles. The van der Waals surface area contributed by atoms with Gasteiger partial charge in [0.2, 0.25) is 0 Å². The van der Waals surface area contributed by atoms with Gasteiger partial charge in [-0.2, -0.15) is 0 Å². The number of imidazole rings is 1. The van der Waals surface area contributed by atoms with Gasteiger partial charge in [-0.1, -0.05) is 11.6 Å². The van der Waals surface area contributed by atoms with Crippen LogP contribution in [0.5, 0.6) is 0 Å². The topological polar surface area (TPSA) is 17.8 Å². The second-order valence-corrected chi connectivity index (χ2v) is 1.62.